The maximum Gasteiger partial charge on any atom is 0.241 e. The van der Waals surface area contributed by atoms with E-state index >= 15 is 0 Å². The molecule has 0 aromatic carbocycles. The van der Waals surface area contributed by atoms with Gasteiger partial charge in [-0.05, 0) is 12.8 Å². The number of hydrogen-bond acceptors (Lipinski definition) is 4. The van der Waals surface area contributed by atoms with Gasteiger partial charge in [0.15, 0.2) is 0 Å². The maximum absolute atomic E-state index is 12.3. The lowest BCUT2D eigenvalue weighted by atomic mass is 9.48. The molecule has 0 aromatic rings. The van der Waals surface area contributed by atoms with Crippen LogP contribution < -0.4 is 16.8 Å². The molecule has 5 N–H and O–H groups in total. The van der Waals surface area contributed by atoms with Crippen molar-refractivity contribution in [2.75, 3.05) is 13.2 Å². The SMILES string of the molecule is CC1(C)C2OCCC2C1(N)C(=O)NCCCC(N)=O. The van der Waals surface area contributed by atoms with E-state index in [1.54, 1.807) is 0 Å². The van der Waals surface area contributed by atoms with E-state index in [-0.39, 0.29) is 35.7 Å². The molecule has 6 heteroatoms. The number of amides is 2. The number of carbonyl (C=O) groups excluding carboxylic acids is 2. The molecule has 0 radical (unpaired) electrons. The van der Waals surface area contributed by atoms with Gasteiger partial charge in [-0.2, -0.15) is 0 Å². The number of nitrogens with one attached hydrogen (secondary N) is 1. The van der Waals surface area contributed by atoms with Crippen LogP contribution in [0.3, 0.4) is 0 Å². The summed E-state index contributed by atoms with van der Waals surface area (Å²) >= 11 is 0. The first-order valence-corrected chi connectivity index (χ1v) is 6.79. The minimum atomic E-state index is -0.874. The van der Waals surface area contributed by atoms with Gasteiger partial charge in [0.1, 0.15) is 5.54 Å². The van der Waals surface area contributed by atoms with E-state index in [0.717, 1.165) is 6.42 Å². The van der Waals surface area contributed by atoms with Crippen LogP contribution in [0.25, 0.3) is 0 Å². The van der Waals surface area contributed by atoms with Crippen molar-refractivity contribution >= 4 is 11.8 Å². The molecule has 6 nitrogen and oxygen atoms in total. The van der Waals surface area contributed by atoms with Gasteiger partial charge in [-0.15, -0.1) is 0 Å². The average molecular weight is 269 g/mol. The fourth-order valence-electron chi connectivity index (χ4n) is 3.46. The van der Waals surface area contributed by atoms with Gasteiger partial charge < -0.3 is 21.5 Å². The lowest BCUT2D eigenvalue weighted by molar-refractivity contribution is -0.175. The molecule has 2 amide bonds. The van der Waals surface area contributed by atoms with Gasteiger partial charge in [0, 0.05) is 30.9 Å². The summed E-state index contributed by atoms with van der Waals surface area (Å²) in [7, 11) is 0. The minimum Gasteiger partial charge on any atom is -0.377 e. The van der Waals surface area contributed by atoms with Gasteiger partial charge >= 0.3 is 0 Å². The molecule has 3 atom stereocenters. The summed E-state index contributed by atoms with van der Waals surface area (Å²) in [5.74, 6) is -0.405. The van der Waals surface area contributed by atoms with Crippen LogP contribution in [0.4, 0.5) is 0 Å². The largest absolute Gasteiger partial charge is 0.377 e. The number of rotatable bonds is 5. The molecule has 1 aliphatic carbocycles. The smallest absolute Gasteiger partial charge is 0.241 e. The van der Waals surface area contributed by atoms with Crippen molar-refractivity contribution in [1.82, 2.24) is 5.32 Å². The number of carbonyl (C=O) groups is 2. The Morgan fingerprint density at radius 3 is 2.74 bits per heavy atom. The highest BCUT2D eigenvalue weighted by Crippen LogP contribution is 2.58. The normalized spacial score (nSPS) is 35.3. The number of hydrogen-bond donors (Lipinski definition) is 3. The van der Waals surface area contributed by atoms with Crippen molar-refractivity contribution in [2.45, 2.75) is 44.8 Å². The molecule has 1 aliphatic heterocycles. The second-order valence-electron chi connectivity index (χ2n) is 6.10. The Hall–Kier alpha value is -1.14. The standard InChI is InChI=1S/C13H23N3O3/c1-12(2)10-8(5-7-19-10)13(12,15)11(18)16-6-3-4-9(14)17/h8,10H,3-7,15H2,1-2H3,(H2,14,17)(H,16,18). The third kappa shape index (κ3) is 2.03. The summed E-state index contributed by atoms with van der Waals surface area (Å²) < 4.78 is 5.65. The maximum atomic E-state index is 12.3. The van der Waals surface area contributed by atoms with E-state index in [1.807, 2.05) is 13.8 Å². The monoisotopic (exact) mass is 269 g/mol. The van der Waals surface area contributed by atoms with Crippen molar-refractivity contribution in [2.24, 2.45) is 22.8 Å². The Kier molecular flexibility index (Phi) is 3.57. The highest BCUT2D eigenvalue weighted by molar-refractivity contribution is 5.89. The highest BCUT2D eigenvalue weighted by atomic mass is 16.5. The number of nitrogens with two attached hydrogens (primary N) is 2. The van der Waals surface area contributed by atoms with Crippen LogP contribution in [0.1, 0.15) is 33.1 Å². The quantitative estimate of drug-likeness (QED) is 0.585. The summed E-state index contributed by atoms with van der Waals surface area (Å²) in [6.45, 7) is 5.05. The first-order chi connectivity index (χ1) is 8.81. The molecule has 108 valence electrons. The van der Waals surface area contributed by atoms with Gasteiger partial charge in [0.2, 0.25) is 11.8 Å². The summed E-state index contributed by atoms with van der Waals surface area (Å²) in [5.41, 5.74) is 10.2. The molecular formula is C13H23N3O3. The topological polar surface area (TPSA) is 107 Å². The van der Waals surface area contributed by atoms with Crippen LogP contribution in [0.5, 0.6) is 0 Å². The summed E-state index contributed by atoms with van der Waals surface area (Å²) in [6.07, 6.45) is 1.73. The van der Waals surface area contributed by atoms with Crippen LogP contribution in [-0.4, -0.2) is 36.6 Å². The number of fused-ring (bicyclic) bond motifs is 1. The van der Waals surface area contributed by atoms with Crippen molar-refractivity contribution < 1.29 is 14.3 Å². The lowest BCUT2D eigenvalue weighted by Crippen LogP contribution is -2.80. The van der Waals surface area contributed by atoms with Gasteiger partial charge in [-0.3, -0.25) is 9.59 Å². The van der Waals surface area contributed by atoms with Gasteiger partial charge in [0.05, 0.1) is 6.10 Å². The highest BCUT2D eigenvalue weighted by Gasteiger charge is 2.71. The molecule has 3 unspecified atom stereocenters. The van der Waals surface area contributed by atoms with Crippen molar-refractivity contribution in [1.29, 1.82) is 0 Å². The third-order valence-corrected chi connectivity index (χ3v) is 4.72. The Morgan fingerprint density at radius 2 is 2.11 bits per heavy atom. The van der Waals surface area contributed by atoms with Gasteiger partial charge in [0.25, 0.3) is 0 Å². The van der Waals surface area contributed by atoms with E-state index in [1.165, 1.54) is 0 Å². The summed E-state index contributed by atoms with van der Waals surface area (Å²) in [6, 6.07) is 0. The zero-order valence-corrected chi connectivity index (χ0v) is 11.6. The predicted molar refractivity (Wildman–Crippen MR) is 70.0 cm³/mol. The Labute approximate surface area is 113 Å². The minimum absolute atomic E-state index is 0.0777. The number of ether oxygens (including phenoxy) is 1. The molecule has 2 rings (SSSR count). The molecule has 0 aromatic heterocycles. The van der Waals surface area contributed by atoms with E-state index in [2.05, 4.69) is 5.32 Å². The first-order valence-electron chi connectivity index (χ1n) is 6.79. The van der Waals surface area contributed by atoms with E-state index in [0.29, 0.717) is 19.6 Å². The molecule has 2 fully saturated rings. The lowest BCUT2D eigenvalue weighted by Gasteiger charge is -2.60. The van der Waals surface area contributed by atoms with E-state index in [9.17, 15) is 9.59 Å². The van der Waals surface area contributed by atoms with Gasteiger partial charge in [-0.1, -0.05) is 13.8 Å². The number of primary amides is 1. The molecule has 2 aliphatic rings. The Balaban J connectivity index is 1.92. The van der Waals surface area contributed by atoms with Crippen LogP contribution in [0.2, 0.25) is 0 Å². The second-order valence-corrected chi connectivity index (χ2v) is 6.10. The summed E-state index contributed by atoms with van der Waals surface area (Å²) in [5, 5.41) is 2.82. The molecule has 1 saturated heterocycles. The van der Waals surface area contributed by atoms with E-state index in [4.69, 9.17) is 16.2 Å². The Bertz CT molecular complexity index is 397. The van der Waals surface area contributed by atoms with Crippen molar-refractivity contribution in [3.8, 4) is 0 Å². The summed E-state index contributed by atoms with van der Waals surface area (Å²) in [4.78, 5) is 23.0. The van der Waals surface area contributed by atoms with Gasteiger partial charge in [-0.25, -0.2) is 0 Å². The molecule has 1 heterocycles. The van der Waals surface area contributed by atoms with E-state index < -0.39 is 5.54 Å². The fourth-order valence-corrected chi connectivity index (χ4v) is 3.46. The molecule has 19 heavy (non-hydrogen) atoms. The molecule has 0 bridgehead atoms. The Morgan fingerprint density at radius 1 is 1.42 bits per heavy atom. The van der Waals surface area contributed by atoms with Crippen molar-refractivity contribution in [3.63, 3.8) is 0 Å². The zero-order chi connectivity index (χ0) is 14.3. The predicted octanol–water partition coefficient (Wildman–Crippen LogP) is -0.489. The van der Waals surface area contributed by atoms with Crippen LogP contribution in [0, 0.1) is 11.3 Å². The van der Waals surface area contributed by atoms with Crippen LogP contribution in [-0.2, 0) is 14.3 Å². The average Bonchev–Trinajstić information content (AvgIpc) is 2.80. The molecule has 1 saturated carbocycles. The van der Waals surface area contributed by atoms with Crippen LogP contribution in [0.15, 0.2) is 0 Å². The fraction of sp³-hybridized carbons (Fsp3) is 0.846. The van der Waals surface area contributed by atoms with Crippen LogP contribution >= 0.6 is 0 Å². The van der Waals surface area contributed by atoms with Crippen molar-refractivity contribution in [3.05, 3.63) is 0 Å². The first kappa shape index (κ1) is 14.3. The second kappa shape index (κ2) is 4.76. The molecule has 0 spiro atoms. The zero-order valence-electron chi connectivity index (χ0n) is 11.6. The molecular weight excluding hydrogens is 246 g/mol. The third-order valence-electron chi connectivity index (χ3n) is 4.72.